The van der Waals surface area contributed by atoms with Crippen LogP contribution in [-0.4, -0.2) is 22.9 Å². The van der Waals surface area contributed by atoms with Crippen molar-refractivity contribution in [2.45, 2.75) is 0 Å². The predicted octanol–water partition coefficient (Wildman–Crippen LogP) is 5.38. The SMILES string of the molecule is COc1ccc(N(C(N)=O)c2c(Cl)cccc2Cl)cc1-c1c(Br)cnn1C. The van der Waals surface area contributed by atoms with Crippen LogP contribution in [0, 0.1) is 0 Å². The summed E-state index contributed by atoms with van der Waals surface area (Å²) >= 11 is 16.1. The summed E-state index contributed by atoms with van der Waals surface area (Å²) in [6.07, 6.45) is 1.68. The van der Waals surface area contributed by atoms with E-state index < -0.39 is 6.03 Å². The molecule has 6 nitrogen and oxygen atoms in total. The lowest BCUT2D eigenvalue weighted by molar-refractivity contribution is 0.256. The molecular formula is C18H15BrCl2N4O2. The number of aryl methyl sites for hydroxylation is 1. The van der Waals surface area contributed by atoms with Crippen molar-refractivity contribution >= 4 is 56.5 Å². The Morgan fingerprint density at radius 2 is 1.93 bits per heavy atom. The highest BCUT2D eigenvalue weighted by atomic mass is 79.9. The summed E-state index contributed by atoms with van der Waals surface area (Å²) in [6, 6.07) is 9.47. The topological polar surface area (TPSA) is 73.4 Å². The molecule has 2 amide bonds. The van der Waals surface area contributed by atoms with E-state index >= 15 is 0 Å². The standard InChI is InChI=1S/C18H15BrCl2N4O2/c1-24-16(12(19)9-23-24)11-8-10(6-7-15(11)27-2)25(18(22)26)17-13(20)4-3-5-14(17)21/h3-9H,1-2H3,(H2,22,26). The number of anilines is 2. The summed E-state index contributed by atoms with van der Waals surface area (Å²) in [6.45, 7) is 0. The van der Waals surface area contributed by atoms with Crippen molar-refractivity contribution in [1.82, 2.24) is 9.78 Å². The number of nitrogens with zero attached hydrogens (tertiary/aromatic N) is 3. The van der Waals surface area contributed by atoms with Gasteiger partial charge in [0.25, 0.3) is 0 Å². The van der Waals surface area contributed by atoms with Crippen LogP contribution < -0.4 is 15.4 Å². The van der Waals surface area contributed by atoms with Crippen LogP contribution >= 0.6 is 39.1 Å². The van der Waals surface area contributed by atoms with Crippen molar-refractivity contribution in [3.63, 3.8) is 0 Å². The molecule has 0 fully saturated rings. The summed E-state index contributed by atoms with van der Waals surface area (Å²) < 4.78 is 7.96. The Morgan fingerprint density at radius 1 is 1.26 bits per heavy atom. The number of aromatic nitrogens is 2. The van der Waals surface area contributed by atoms with Gasteiger partial charge in [0.2, 0.25) is 0 Å². The molecule has 27 heavy (non-hydrogen) atoms. The summed E-state index contributed by atoms with van der Waals surface area (Å²) in [4.78, 5) is 13.5. The number of rotatable bonds is 4. The van der Waals surface area contributed by atoms with Gasteiger partial charge in [0, 0.05) is 12.6 Å². The minimum absolute atomic E-state index is 0.306. The molecule has 0 unspecified atom stereocenters. The molecule has 0 atom stereocenters. The van der Waals surface area contributed by atoms with Crippen molar-refractivity contribution in [2.75, 3.05) is 12.0 Å². The molecule has 0 aliphatic rings. The lowest BCUT2D eigenvalue weighted by Crippen LogP contribution is -2.32. The van der Waals surface area contributed by atoms with Crippen molar-refractivity contribution in [3.8, 4) is 17.0 Å². The quantitative estimate of drug-likeness (QED) is 0.557. The summed E-state index contributed by atoms with van der Waals surface area (Å²) in [5.74, 6) is 0.609. The van der Waals surface area contributed by atoms with Gasteiger partial charge in [0.1, 0.15) is 5.75 Å². The normalized spacial score (nSPS) is 10.7. The molecule has 1 heterocycles. The molecule has 0 radical (unpaired) electrons. The van der Waals surface area contributed by atoms with Crippen molar-refractivity contribution in [2.24, 2.45) is 12.8 Å². The largest absolute Gasteiger partial charge is 0.496 e. The predicted molar refractivity (Wildman–Crippen MR) is 111 cm³/mol. The Labute approximate surface area is 174 Å². The highest BCUT2D eigenvalue weighted by molar-refractivity contribution is 9.10. The Morgan fingerprint density at radius 3 is 2.44 bits per heavy atom. The molecule has 1 aromatic heterocycles. The first kappa shape index (κ1) is 19.5. The fourth-order valence-corrected chi connectivity index (χ4v) is 3.93. The summed E-state index contributed by atoms with van der Waals surface area (Å²) in [7, 11) is 3.38. The average molecular weight is 470 g/mol. The van der Waals surface area contributed by atoms with Gasteiger partial charge in [-0.25, -0.2) is 4.79 Å². The minimum atomic E-state index is -0.717. The molecule has 3 rings (SSSR count). The van der Waals surface area contributed by atoms with E-state index in [9.17, 15) is 4.79 Å². The van der Waals surface area contributed by atoms with E-state index in [4.69, 9.17) is 33.7 Å². The summed E-state index contributed by atoms with van der Waals surface area (Å²) in [5.41, 5.74) is 7.95. The van der Waals surface area contributed by atoms with Gasteiger partial charge in [-0.1, -0.05) is 29.3 Å². The van der Waals surface area contributed by atoms with Gasteiger partial charge in [0.15, 0.2) is 0 Å². The first-order valence-electron chi connectivity index (χ1n) is 7.74. The second-order valence-electron chi connectivity index (χ2n) is 5.59. The number of benzene rings is 2. The zero-order chi connectivity index (χ0) is 19.7. The number of halogens is 3. The van der Waals surface area contributed by atoms with Gasteiger partial charge in [0.05, 0.1) is 44.9 Å². The molecule has 0 spiro atoms. The van der Waals surface area contributed by atoms with Gasteiger partial charge < -0.3 is 10.5 Å². The lowest BCUT2D eigenvalue weighted by Gasteiger charge is -2.24. The third-order valence-electron chi connectivity index (χ3n) is 3.97. The molecular weight excluding hydrogens is 455 g/mol. The van der Waals surface area contributed by atoms with E-state index in [1.807, 2.05) is 7.05 Å². The number of methoxy groups -OCH3 is 1. The monoisotopic (exact) mass is 468 g/mol. The summed E-state index contributed by atoms with van der Waals surface area (Å²) in [5, 5.41) is 4.84. The number of amides is 2. The average Bonchev–Trinajstić information content (AvgIpc) is 2.96. The molecule has 0 aliphatic carbocycles. The number of nitrogens with two attached hydrogens (primary N) is 1. The van der Waals surface area contributed by atoms with E-state index in [-0.39, 0.29) is 0 Å². The Balaban J connectivity index is 2.24. The van der Waals surface area contributed by atoms with Crippen molar-refractivity contribution in [1.29, 1.82) is 0 Å². The Bertz CT molecular complexity index is 983. The number of hydrogen-bond donors (Lipinski definition) is 1. The van der Waals surface area contributed by atoms with E-state index in [0.29, 0.717) is 27.2 Å². The van der Waals surface area contributed by atoms with Gasteiger partial charge in [-0.2, -0.15) is 5.10 Å². The molecule has 0 saturated carbocycles. The fourth-order valence-electron chi connectivity index (χ4n) is 2.80. The smallest absolute Gasteiger partial charge is 0.323 e. The number of primary amides is 1. The van der Waals surface area contributed by atoms with Crippen molar-refractivity contribution < 1.29 is 9.53 Å². The minimum Gasteiger partial charge on any atom is -0.496 e. The number of carbonyl (C=O) groups excluding carboxylic acids is 1. The van der Waals surface area contributed by atoms with Crippen LogP contribution in [0.5, 0.6) is 5.75 Å². The van der Waals surface area contributed by atoms with Crippen molar-refractivity contribution in [3.05, 3.63) is 57.1 Å². The maximum Gasteiger partial charge on any atom is 0.323 e. The van der Waals surface area contributed by atoms with Crippen LogP contribution in [0.15, 0.2) is 47.1 Å². The lowest BCUT2D eigenvalue weighted by atomic mass is 10.1. The molecule has 9 heteroatoms. The Kier molecular flexibility index (Phi) is 5.64. The second-order valence-corrected chi connectivity index (χ2v) is 7.26. The van der Waals surface area contributed by atoms with Gasteiger partial charge >= 0.3 is 6.03 Å². The van der Waals surface area contributed by atoms with E-state index in [1.54, 1.807) is 54.4 Å². The second kappa shape index (κ2) is 7.80. The molecule has 3 aromatic rings. The van der Waals surface area contributed by atoms with Crippen LogP contribution in [0.4, 0.5) is 16.2 Å². The zero-order valence-corrected chi connectivity index (χ0v) is 17.5. The van der Waals surface area contributed by atoms with Gasteiger partial charge in [-0.15, -0.1) is 0 Å². The number of hydrogen-bond acceptors (Lipinski definition) is 3. The van der Waals surface area contributed by atoms with Crippen LogP contribution in [0.25, 0.3) is 11.3 Å². The third-order valence-corrected chi connectivity index (χ3v) is 5.16. The fraction of sp³-hybridized carbons (Fsp3) is 0.111. The molecule has 2 aromatic carbocycles. The first-order chi connectivity index (χ1) is 12.8. The van der Waals surface area contributed by atoms with E-state index in [1.165, 1.54) is 4.90 Å². The first-order valence-corrected chi connectivity index (χ1v) is 9.29. The number of carbonyl (C=O) groups is 1. The van der Waals surface area contributed by atoms with Crippen LogP contribution in [0.3, 0.4) is 0 Å². The van der Waals surface area contributed by atoms with Gasteiger partial charge in [-0.05, 0) is 46.3 Å². The maximum atomic E-state index is 12.3. The van der Waals surface area contributed by atoms with E-state index in [2.05, 4.69) is 21.0 Å². The van der Waals surface area contributed by atoms with Crippen LogP contribution in [0.1, 0.15) is 0 Å². The number of para-hydroxylation sites is 1. The maximum absolute atomic E-state index is 12.3. The number of urea groups is 1. The highest BCUT2D eigenvalue weighted by Gasteiger charge is 2.23. The molecule has 0 aliphatic heterocycles. The highest BCUT2D eigenvalue weighted by Crippen LogP contribution is 2.42. The van der Waals surface area contributed by atoms with Crippen LogP contribution in [0.2, 0.25) is 10.0 Å². The molecule has 2 N–H and O–H groups in total. The third kappa shape index (κ3) is 3.63. The van der Waals surface area contributed by atoms with E-state index in [0.717, 1.165) is 15.7 Å². The van der Waals surface area contributed by atoms with Crippen LogP contribution in [-0.2, 0) is 7.05 Å². The number of ether oxygens (including phenoxy) is 1. The molecule has 140 valence electrons. The molecule has 0 saturated heterocycles. The zero-order valence-electron chi connectivity index (χ0n) is 14.4. The van der Waals surface area contributed by atoms with Gasteiger partial charge in [-0.3, -0.25) is 9.58 Å². The Hall–Kier alpha value is -2.22. The molecule has 0 bridgehead atoms.